The summed E-state index contributed by atoms with van der Waals surface area (Å²) in [5.41, 5.74) is 0.742. The number of halogens is 2. The van der Waals surface area contributed by atoms with E-state index in [1.165, 1.54) is 12.1 Å². The number of nitrogens with one attached hydrogen (secondary N) is 1. The predicted molar refractivity (Wildman–Crippen MR) is 86.9 cm³/mol. The Balaban J connectivity index is 1.78. The van der Waals surface area contributed by atoms with Crippen molar-refractivity contribution in [1.82, 2.24) is 4.90 Å². The van der Waals surface area contributed by atoms with Gasteiger partial charge in [-0.05, 0) is 24.3 Å². The van der Waals surface area contributed by atoms with E-state index in [0.717, 1.165) is 4.90 Å². The van der Waals surface area contributed by atoms with E-state index in [4.69, 9.17) is 23.2 Å². The molecule has 1 N–H and O–H groups in total. The van der Waals surface area contributed by atoms with Gasteiger partial charge in [0.15, 0.2) is 0 Å². The number of carbonyl (C=O) groups is 3. The first-order valence-electron chi connectivity index (χ1n) is 6.68. The highest BCUT2D eigenvalue weighted by Gasteiger charge is 2.38. The van der Waals surface area contributed by atoms with E-state index in [9.17, 15) is 14.4 Å². The minimum absolute atomic E-state index is 0.129. The van der Waals surface area contributed by atoms with Crippen molar-refractivity contribution >= 4 is 46.6 Å². The summed E-state index contributed by atoms with van der Waals surface area (Å²) in [6.45, 7) is -0.409. The summed E-state index contributed by atoms with van der Waals surface area (Å²) in [5, 5.41) is 3.13. The van der Waals surface area contributed by atoms with Crippen LogP contribution in [0.25, 0.3) is 0 Å². The van der Waals surface area contributed by atoms with Crippen molar-refractivity contribution in [1.29, 1.82) is 0 Å². The van der Waals surface area contributed by atoms with Gasteiger partial charge < -0.3 is 5.32 Å². The maximum Gasteiger partial charge on any atom is 0.263 e. The molecule has 1 aliphatic rings. The molecule has 1 heterocycles. The number of benzene rings is 2. The minimum atomic E-state index is -0.579. The van der Waals surface area contributed by atoms with Gasteiger partial charge in [-0.1, -0.05) is 41.4 Å². The SMILES string of the molecule is O=C(CN1C(=O)c2cccc(Cl)c2C1=O)Nc1ccccc1Cl. The van der Waals surface area contributed by atoms with Crippen LogP contribution in [0, 0.1) is 0 Å². The van der Waals surface area contributed by atoms with Gasteiger partial charge in [0.05, 0.1) is 26.9 Å². The average Bonchev–Trinajstić information content (AvgIpc) is 2.76. The maximum absolute atomic E-state index is 12.3. The van der Waals surface area contributed by atoms with Crippen molar-refractivity contribution < 1.29 is 14.4 Å². The fourth-order valence-corrected chi connectivity index (χ4v) is 2.77. The molecule has 0 unspecified atom stereocenters. The molecule has 116 valence electrons. The molecule has 3 rings (SSSR count). The Hall–Kier alpha value is -2.37. The normalized spacial score (nSPS) is 13.2. The number of imide groups is 1. The van der Waals surface area contributed by atoms with Crippen LogP contribution in [0.15, 0.2) is 42.5 Å². The smallest absolute Gasteiger partial charge is 0.263 e. The molecule has 5 nitrogen and oxygen atoms in total. The van der Waals surface area contributed by atoms with E-state index in [1.807, 2.05) is 0 Å². The zero-order valence-electron chi connectivity index (χ0n) is 11.7. The topological polar surface area (TPSA) is 66.5 Å². The molecule has 7 heteroatoms. The Morgan fingerprint density at radius 2 is 1.65 bits per heavy atom. The van der Waals surface area contributed by atoms with Crippen LogP contribution in [0.2, 0.25) is 10.0 Å². The fraction of sp³-hybridized carbons (Fsp3) is 0.0625. The first-order chi connectivity index (χ1) is 11.0. The monoisotopic (exact) mass is 348 g/mol. The van der Waals surface area contributed by atoms with Crippen molar-refractivity contribution in [2.45, 2.75) is 0 Å². The minimum Gasteiger partial charge on any atom is -0.323 e. The van der Waals surface area contributed by atoms with Crippen molar-refractivity contribution in [2.75, 3.05) is 11.9 Å². The van der Waals surface area contributed by atoms with Crippen molar-refractivity contribution in [2.24, 2.45) is 0 Å². The lowest BCUT2D eigenvalue weighted by atomic mass is 10.1. The molecule has 0 saturated heterocycles. The number of hydrogen-bond acceptors (Lipinski definition) is 3. The summed E-state index contributed by atoms with van der Waals surface area (Å²) in [7, 11) is 0. The predicted octanol–water partition coefficient (Wildman–Crippen LogP) is 3.23. The summed E-state index contributed by atoms with van der Waals surface area (Å²) in [5.74, 6) is -1.64. The highest BCUT2D eigenvalue weighted by Crippen LogP contribution is 2.29. The lowest BCUT2D eigenvalue weighted by Gasteiger charge is -2.14. The molecule has 0 spiro atoms. The van der Waals surface area contributed by atoms with Gasteiger partial charge in [-0.3, -0.25) is 19.3 Å². The van der Waals surface area contributed by atoms with E-state index in [0.29, 0.717) is 10.7 Å². The summed E-state index contributed by atoms with van der Waals surface area (Å²) in [6, 6.07) is 11.3. The Kier molecular flexibility index (Phi) is 4.07. The van der Waals surface area contributed by atoms with Gasteiger partial charge in [-0.25, -0.2) is 0 Å². The van der Waals surface area contributed by atoms with Crippen LogP contribution < -0.4 is 5.32 Å². The summed E-state index contributed by atoms with van der Waals surface area (Å²) in [4.78, 5) is 37.5. The highest BCUT2D eigenvalue weighted by molar-refractivity contribution is 6.37. The molecule has 0 bridgehead atoms. The van der Waals surface area contributed by atoms with Crippen molar-refractivity contribution in [3.8, 4) is 0 Å². The molecular formula is C16H10Cl2N2O3. The second-order valence-corrected chi connectivity index (χ2v) is 5.70. The average molecular weight is 349 g/mol. The number of rotatable bonds is 3. The number of fused-ring (bicyclic) bond motifs is 1. The Bertz CT molecular complexity index is 836. The number of hydrogen-bond donors (Lipinski definition) is 1. The molecule has 0 atom stereocenters. The van der Waals surface area contributed by atoms with E-state index in [1.54, 1.807) is 30.3 Å². The van der Waals surface area contributed by atoms with E-state index < -0.39 is 24.3 Å². The third kappa shape index (κ3) is 2.81. The Morgan fingerprint density at radius 1 is 0.957 bits per heavy atom. The number of amides is 3. The van der Waals surface area contributed by atoms with Crippen molar-refractivity contribution in [3.63, 3.8) is 0 Å². The number of nitrogens with zero attached hydrogens (tertiary/aromatic N) is 1. The van der Waals surface area contributed by atoms with Gasteiger partial charge >= 0.3 is 0 Å². The van der Waals surface area contributed by atoms with Crippen LogP contribution in [0.5, 0.6) is 0 Å². The maximum atomic E-state index is 12.3. The van der Waals surface area contributed by atoms with Crippen LogP contribution in [0.1, 0.15) is 20.7 Å². The molecule has 0 saturated carbocycles. The standard InChI is InChI=1S/C16H10Cl2N2O3/c17-10-5-1-2-7-12(10)19-13(21)8-20-15(22)9-4-3-6-11(18)14(9)16(20)23/h1-7H,8H2,(H,19,21). The number of anilines is 1. The number of para-hydroxylation sites is 1. The lowest BCUT2D eigenvalue weighted by molar-refractivity contribution is -0.116. The summed E-state index contributed by atoms with van der Waals surface area (Å²) >= 11 is 11.9. The zero-order chi connectivity index (χ0) is 16.6. The molecule has 0 aliphatic carbocycles. The van der Waals surface area contributed by atoms with Gasteiger partial charge in [0.25, 0.3) is 11.8 Å². The van der Waals surface area contributed by atoms with E-state index in [2.05, 4.69) is 5.32 Å². The molecule has 23 heavy (non-hydrogen) atoms. The molecule has 2 aromatic carbocycles. The lowest BCUT2D eigenvalue weighted by Crippen LogP contribution is -2.37. The van der Waals surface area contributed by atoms with E-state index >= 15 is 0 Å². The molecule has 3 amide bonds. The molecule has 1 aliphatic heterocycles. The Labute approximate surface area is 141 Å². The third-order valence-electron chi connectivity index (χ3n) is 3.40. The van der Waals surface area contributed by atoms with Crippen LogP contribution >= 0.6 is 23.2 Å². The van der Waals surface area contributed by atoms with Crippen LogP contribution in [0.3, 0.4) is 0 Å². The quantitative estimate of drug-likeness (QED) is 0.866. The van der Waals surface area contributed by atoms with Gasteiger partial charge in [-0.15, -0.1) is 0 Å². The van der Waals surface area contributed by atoms with Gasteiger partial charge in [0.1, 0.15) is 6.54 Å². The fourth-order valence-electron chi connectivity index (χ4n) is 2.33. The molecule has 0 fully saturated rings. The first-order valence-corrected chi connectivity index (χ1v) is 7.43. The van der Waals surface area contributed by atoms with Gasteiger partial charge in [0, 0.05) is 0 Å². The molecular weight excluding hydrogens is 339 g/mol. The number of carbonyl (C=O) groups excluding carboxylic acids is 3. The van der Waals surface area contributed by atoms with Gasteiger partial charge in [0.2, 0.25) is 5.91 Å². The molecule has 2 aromatic rings. The van der Waals surface area contributed by atoms with Crippen LogP contribution in [-0.4, -0.2) is 29.2 Å². The summed E-state index contributed by atoms with van der Waals surface area (Å²) in [6.07, 6.45) is 0. The zero-order valence-corrected chi connectivity index (χ0v) is 13.2. The van der Waals surface area contributed by atoms with Crippen molar-refractivity contribution in [3.05, 3.63) is 63.6 Å². The second-order valence-electron chi connectivity index (χ2n) is 4.89. The first kappa shape index (κ1) is 15.5. The second kappa shape index (κ2) is 6.02. The molecule has 0 aromatic heterocycles. The Morgan fingerprint density at radius 3 is 2.35 bits per heavy atom. The summed E-state index contributed by atoms with van der Waals surface area (Å²) < 4.78 is 0. The van der Waals surface area contributed by atoms with Gasteiger partial charge in [-0.2, -0.15) is 0 Å². The van der Waals surface area contributed by atoms with Crippen LogP contribution in [0.4, 0.5) is 5.69 Å². The largest absolute Gasteiger partial charge is 0.323 e. The molecule has 0 radical (unpaired) electrons. The van der Waals surface area contributed by atoms with E-state index in [-0.39, 0.29) is 16.1 Å². The van der Waals surface area contributed by atoms with Crippen LogP contribution in [-0.2, 0) is 4.79 Å². The highest BCUT2D eigenvalue weighted by atomic mass is 35.5. The third-order valence-corrected chi connectivity index (χ3v) is 4.04.